The van der Waals surface area contributed by atoms with Crippen molar-refractivity contribution in [2.45, 2.75) is 45.4 Å². The van der Waals surface area contributed by atoms with Crippen molar-refractivity contribution in [3.05, 3.63) is 41.6 Å². The normalized spacial score (nSPS) is 22.1. The van der Waals surface area contributed by atoms with Crippen LogP contribution in [-0.2, 0) is 5.41 Å². The fourth-order valence-electron chi connectivity index (χ4n) is 3.50. The summed E-state index contributed by atoms with van der Waals surface area (Å²) < 4.78 is 5.41. The second kappa shape index (κ2) is 4.94. The summed E-state index contributed by atoms with van der Waals surface area (Å²) >= 11 is 0. The zero-order valence-corrected chi connectivity index (χ0v) is 13.7. The second-order valence-electron chi connectivity index (χ2n) is 7.28. The summed E-state index contributed by atoms with van der Waals surface area (Å²) in [6.45, 7) is 9.17. The maximum Gasteiger partial charge on any atom is 0.119 e. The van der Waals surface area contributed by atoms with Crippen LogP contribution in [0.5, 0.6) is 5.75 Å². The monoisotopic (exact) mass is 283 g/mol. The van der Waals surface area contributed by atoms with Crippen LogP contribution in [-0.4, -0.2) is 12.1 Å². The van der Waals surface area contributed by atoms with E-state index in [1.807, 2.05) is 6.07 Å². The molecule has 3 rings (SSSR count). The van der Waals surface area contributed by atoms with Gasteiger partial charge in [-0.25, -0.2) is 0 Å². The first-order valence-electron chi connectivity index (χ1n) is 7.78. The van der Waals surface area contributed by atoms with Crippen molar-refractivity contribution in [3.63, 3.8) is 0 Å². The van der Waals surface area contributed by atoms with Crippen molar-refractivity contribution in [2.24, 2.45) is 5.92 Å². The third kappa shape index (κ3) is 2.48. The van der Waals surface area contributed by atoms with E-state index < -0.39 is 0 Å². The smallest absolute Gasteiger partial charge is 0.119 e. The predicted octanol–water partition coefficient (Wildman–Crippen LogP) is 5.15. The molecule has 1 aliphatic carbocycles. The molecule has 1 aromatic heterocycles. The van der Waals surface area contributed by atoms with Gasteiger partial charge in [0.25, 0.3) is 0 Å². The fourth-order valence-corrected chi connectivity index (χ4v) is 3.50. The summed E-state index contributed by atoms with van der Waals surface area (Å²) in [4.78, 5) is 3.68. The Balaban J connectivity index is 2.22. The maximum atomic E-state index is 5.41. The van der Waals surface area contributed by atoms with Gasteiger partial charge >= 0.3 is 0 Å². The summed E-state index contributed by atoms with van der Waals surface area (Å²) in [5.41, 5.74) is 4.13. The lowest BCUT2D eigenvalue weighted by Gasteiger charge is -2.23. The summed E-state index contributed by atoms with van der Waals surface area (Å²) in [5, 5.41) is 1.30. The van der Waals surface area contributed by atoms with Crippen LogP contribution in [0.4, 0.5) is 0 Å². The van der Waals surface area contributed by atoms with Gasteiger partial charge in [-0.3, -0.25) is 0 Å². The molecule has 1 aromatic carbocycles. The minimum absolute atomic E-state index is 0.111. The number of hydrogen-bond donors (Lipinski definition) is 1. The molecule has 2 atom stereocenters. The summed E-state index contributed by atoms with van der Waals surface area (Å²) in [7, 11) is 1.73. The number of allylic oxidation sites excluding steroid dienone is 2. The van der Waals surface area contributed by atoms with Crippen LogP contribution in [0.15, 0.2) is 30.4 Å². The Bertz CT molecular complexity index is 687. The van der Waals surface area contributed by atoms with Gasteiger partial charge < -0.3 is 9.72 Å². The van der Waals surface area contributed by atoms with E-state index in [4.69, 9.17) is 4.74 Å². The second-order valence-corrected chi connectivity index (χ2v) is 7.28. The van der Waals surface area contributed by atoms with E-state index in [1.54, 1.807) is 7.11 Å². The highest BCUT2D eigenvalue weighted by molar-refractivity contribution is 5.87. The maximum absolute atomic E-state index is 5.41. The first-order chi connectivity index (χ1) is 9.90. The first kappa shape index (κ1) is 14.2. The minimum atomic E-state index is 0.111. The minimum Gasteiger partial charge on any atom is -0.497 e. The Morgan fingerprint density at radius 1 is 1.19 bits per heavy atom. The van der Waals surface area contributed by atoms with Crippen LogP contribution < -0.4 is 4.74 Å². The molecule has 112 valence electrons. The first-order valence-corrected chi connectivity index (χ1v) is 7.78. The quantitative estimate of drug-likeness (QED) is 0.757. The number of benzene rings is 1. The molecule has 1 N–H and O–H groups in total. The van der Waals surface area contributed by atoms with Gasteiger partial charge in [0.1, 0.15) is 5.75 Å². The van der Waals surface area contributed by atoms with Crippen molar-refractivity contribution < 1.29 is 4.74 Å². The molecule has 0 bridgehead atoms. The zero-order chi connectivity index (χ0) is 15.2. The lowest BCUT2D eigenvalue weighted by molar-refractivity contribution is 0.415. The lowest BCUT2D eigenvalue weighted by atomic mass is 9.81. The molecule has 0 aliphatic heterocycles. The molecule has 21 heavy (non-hydrogen) atoms. The Labute approximate surface area is 127 Å². The number of aromatic nitrogens is 1. The lowest BCUT2D eigenvalue weighted by Crippen LogP contribution is -2.14. The van der Waals surface area contributed by atoms with E-state index in [9.17, 15) is 0 Å². The highest BCUT2D eigenvalue weighted by Crippen LogP contribution is 2.42. The fraction of sp³-hybridized carbons (Fsp3) is 0.474. The average Bonchev–Trinajstić information content (AvgIpc) is 3.00. The highest BCUT2D eigenvalue weighted by Gasteiger charge is 2.29. The van der Waals surface area contributed by atoms with Gasteiger partial charge in [-0.05, 0) is 41.5 Å². The molecule has 2 nitrogen and oxygen atoms in total. The molecule has 0 saturated heterocycles. The van der Waals surface area contributed by atoms with E-state index in [1.165, 1.54) is 28.6 Å². The zero-order valence-electron chi connectivity index (χ0n) is 13.7. The van der Waals surface area contributed by atoms with Crippen LogP contribution in [0.25, 0.3) is 10.9 Å². The Morgan fingerprint density at radius 3 is 2.52 bits per heavy atom. The molecule has 2 heteroatoms. The van der Waals surface area contributed by atoms with Crippen molar-refractivity contribution in [1.29, 1.82) is 0 Å². The van der Waals surface area contributed by atoms with Crippen molar-refractivity contribution >= 4 is 10.9 Å². The van der Waals surface area contributed by atoms with Gasteiger partial charge in [0.2, 0.25) is 0 Å². The van der Waals surface area contributed by atoms with Gasteiger partial charge in [-0.2, -0.15) is 0 Å². The molecule has 1 aliphatic rings. The molecular formula is C19H25NO. The Kier molecular flexibility index (Phi) is 3.35. The molecule has 0 saturated carbocycles. The van der Waals surface area contributed by atoms with Crippen molar-refractivity contribution in [2.75, 3.05) is 7.11 Å². The van der Waals surface area contributed by atoms with Gasteiger partial charge in [0.15, 0.2) is 0 Å². The third-order valence-corrected chi connectivity index (χ3v) is 4.45. The van der Waals surface area contributed by atoms with Crippen LogP contribution in [0.3, 0.4) is 0 Å². The van der Waals surface area contributed by atoms with Crippen LogP contribution in [0, 0.1) is 5.92 Å². The topological polar surface area (TPSA) is 25.0 Å². The standard InChI is InChI=1S/C19H25NO/c1-12-6-7-13(10-12)18-17(19(2,3)4)15-11-14(21-5)8-9-16(15)20-18/h6-9,11-13,20H,10H2,1-5H3. The number of aromatic amines is 1. The van der Waals surface area contributed by atoms with Crippen LogP contribution in [0.1, 0.15) is 51.3 Å². The van der Waals surface area contributed by atoms with Gasteiger partial charge in [-0.15, -0.1) is 0 Å². The summed E-state index contributed by atoms with van der Waals surface area (Å²) in [6, 6.07) is 6.33. The molecule has 1 heterocycles. The Hall–Kier alpha value is -1.70. The predicted molar refractivity (Wildman–Crippen MR) is 89.2 cm³/mol. The number of fused-ring (bicyclic) bond motifs is 1. The third-order valence-electron chi connectivity index (χ3n) is 4.45. The molecule has 0 amide bonds. The van der Waals surface area contributed by atoms with Gasteiger partial charge in [0.05, 0.1) is 7.11 Å². The van der Waals surface area contributed by atoms with E-state index >= 15 is 0 Å². The van der Waals surface area contributed by atoms with E-state index in [0.29, 0.717) is 11.8 Å². The van der Waals surface area contributed by atoms with E-state index in [0.717, 1.165) is 5.75 Å². The van der Waals surface area contributed by atoms with Crippen LogP contribution >= 0.6 is 0 Å². The highest BCUT2D eigenvalue weighted by atomic mass is 16.5. The van der Waals surface area contributed by atoms with Gasteiger partial charge in [0, 0.05) is 22.5 Å². The SMILES string of the molecule is COc1ccc2[nH]c(C3C=CC(C)C3)c(C(C)(C)C)c2c1. The number of methoxy groups -OCH3 is 1. The molecule has 2 unspecified atom stereocenters. The number of rotatable bonds is 2. The van der Waals surface area contributed by atoms with Gasteiger partial charge in [-0.1, -0.05) is 39.8 Å². The summed E-state index contributed by atoms with van der Waals surface area (Å²) in [6.07, 6.45) is 5.90. The van der Waals surface area contributed by atoms with Crippen molar-refractivity contribution in [3.8, 4) is 5.75 Å². The Morgan fingerprint density at radius 2 is 1.95 bits per heavy atom. The number of H-pyrrole nitrogens is 1. The number of hydrogen-bond acceptors (Lipinski definition) is 1. The number of ether oxygens (including phenoxy) is 1. The van der Waals surface area contributed by atoms with E-state index in [-0.39, 0.29) is 5.41 Å². The van der Waals surface area contributed by atoms with Crippen molar-refractivity contribution in [1.82, 2.24) is 4.98 Å². The summed E-state index contributed by atoms with van der Waals surface area (Å²) in [5.74, 6) is 2.10. The molecule has 2 aromatic rings. The molecular weight excluding hydrogens is 258 g/mol. The average molecular weight is 283 g/mol. The van der Waals surface area contributed by atoms with E-state index in [2.05, 4.69) is 57.0 Å². The number of nitrogens with one attached hydrogen (secondary N) is 1. The molecule has 0 radical (unpaired) electrons. The largest absolute Gasteiger partial charge is 0.497 e. The molecule has 0 spiro atoms. The molecule has 0 fully saturated rings. The van der Waals surface area contributed by atoms with Crippen LogP contribution in [0.2, 0.25) is 0 Å².